The van der Waals surface area contributed by atoms with Crippen LogP contribution in [0.15, 0.2) is 25.0 Å². The highest BCUT2D eigenvalue weighted by Crippen LogP contribution is 2.01. The molecule has 0 saturated heterocycles. The molecular weight excluding hydrogens is 194 g/mol. The molecule has 0 bridgehead atoms. The Balaban J connectivity index is 2.18. The Morgan fingerprint density at radius 2 is 2.21 bits per heavy atom. The molecule has 0 spiro atoms. The molecular formula is C10H15N3S. The van der Waals surface area contributed by atoms with E-state index in [1.807, 2.05) is 37.2 Å². The number of aryl methyl sites for hydroxylation is 1. The van der Waals surface area contributed by atoms with Crippen LogP contribution in [0.3, 0.4) is 0 Å². The van der Waals surface area contributed by atoms with Crippen LogP contribution in [0, 0.1) is 6.92 Å². The van der Waals surface area contributed by atoms with Crippen LogP contribution < -0.4 is 5.32 Å². The molecule has 1 aromatic rings. The summed E-state index contributed by atoms with van der Waals surface area (Å²) in [6.07, 6.45) is 5.53. The lowest BCUT2D eigenvalue weighted by Crippen LogP contribution is -2.07. The number of aromatic nitrogens is 2. The van der Waals surface area contributed by atoms with Gasteiger partial charge in [-0.25, -0.2) is 9.97 Å². The lowest BCUT2D eigenvalue weighted by Gasteiger charge is -2.03. The number of nitrogens with one attached hydrogen (secondary N) is 1. The van der Waals surface area contributed by atoms with Crippen LogP contribution in [0.5, 0.6) is 0 Å². The second-order valence-electron chi connectivity index (χ2n) is 2.87. The predicted octanol–water partition coefficient (Wildman–Crippen LogP) is 2.12. The zero-order chi connectivity index (χ0) is 10.2. The molecule has 0 saturated carbocycles. The van der Waals surface area contributed by atoms with E-state index in [4.69, 9.17) is 0 Å². The molecule has 0 aliphatic rings. The summed E-state index contributed by atoms with van der Waals surface area (Å²) in [7, 11) is 0. The van der Waals surface area contributed by atoms with Crippen LogP contribution in [-0.4, -0.2) is 28.0 Å². The van der Waals surface area contributed by atoms with Gasteiger partial charge in [0.2, 0.25) is 5.95 Å². The molecule has 0 fully saturated rings. The van der Waals surface area contributed by atoms with Crippen molar-refractivity contribution in [1.82, 2.24) is 9.97 Å². The van der Waals surface area contributed by atoms with Crippen molar-refractivity contribution in [3.8, 4) is 0 Å². The standard InChI is InChI=1S/C10H15N3S/c1-3-5-14-6-4-11-10-12-7-9(2)8-13-10/h3,7-8H,1,4-6H2,2H3,(H,11,12,13). The maximum absolute atomic E-state index is 4.14. The maximum Gasteiger partial charge on any atom is 0.222 e. The fourth-order valence-electron chi connectivity index (χ4n) is 0.886. The Morgan fingerprint density at radius 1 is 1.50 bits per heavy atom. The normalized spacial score (nSPS) is 9.79. The highest BCUT2D eigenvalue weighted by atomic mass is 32.2. The van der Waals surface area contributed by atoms with Gasteiger partial charge in [0, 0.05) is 30.4 Å². The first kappa shape index (κ1) is 11.0. The van der Waals surface area contributed by atoms with Crippen LogP contribution in [0.1, 0.15) is 5.56 Å². The van der Waals surface area contributed by atoms with Gasteiger partial charge in [-0.05, 0) is 12.5 Å². The lowest BCUT2D eigenvalue weighted by atomic mass is 10.4. The number of anilines is 1. The maximum atomic E-state index is 4.14. The molecule has 0 radical (unpaired) electrons. The van der Waals surface area contributed by atoms with Crippen LogP contribution in [0.25, 0.3) is 0 Å². The Hall–Kier alpha value is -1.03. The van der Waals surface area contributed by atoms with E-state index >= 15 is 0 Å². The Labute approximate surface area is 89.0 Å². The van der Waals surface area contributed by atoms with Crippen LogP contribution in [0.4, 0.5) is 5.95 Å². The van der Waals surface area contributed by atoms with Gasteiger partial charge in [-0.3, -0.25) is 0 Å². The molecule has 1 rings (SSSR count). The third-order valence-electron chi connectivity index (χ3n) is 1.55. The first-order valence-electron chi connectivity index (χ1n) is 4.54. The Kier molecular flexibility index (Phi) is 5.07. The van der Waals surface area contributed by atoms with Crippen molar-refractivity contribution < 1.29 is 0 Å². The monoisotopic (exact) mass is 209 g/mol. The summed E-state index contributed by atoms with van der Waals surface area (Å²) in [4.78, 5) is 8.29. The van der Waals surface area contributed by atoms with Crippen LogP contribution >= 0.6 is 11.8 Å². The zero-order valence-electron chi connectivity index (χ0n) is 8.36. The molecule has 0 aliphatic heterocycles. The Bertz CT molecular complexity index is 271. The number of hydrogen-bond donors (Lipinski definition) is 1. The topological polar surface area (TPSA) is 37.8 Å². The fraction of sp³-hybridized carbons (Fsp3) is 0.400. The molecule has 3 nitrogen and oxygen atoms in total. The summed E-state index contributed by atoms with van der Waals surface area (Å²) in [5.41, 5.74) is 1.08. The number of hydrogen-bond acceptors (Lipinski definition) is 4. The van der Waals surface area contributed by atoms with Crippen molar-refractivity contribution in [1.29, 1.82) is 0 Å². The largest absolute Gasteiger partial charge is 0.353 e. The predicted molar refractivity (Wildman–Crippen MR) is 62.8 cm³/mol. The van der Waals surface area contributed by atoms with Crippen LogP contribution in [-0.2, 0) is 0 Å². The fourth-order valence-corrected chi connectivity index (χ4v) is 1.47. The highest BCUT2D eigenvalue weighted by Gasteiger charge is 1.93. The van der Waals surface area contributed by atoms with E-state index in [9.17, 15) is 0 Å². The summed E-state index contributed by atoms with van der Waals surface area (Å²) in [6, 6.07) is 0. The lowest BCUT2D eigenvalue weighted by molar-refractivity contribution is 1.07. The van der Waals surface area contributed by atoms with Gasteiger partial charge >= 0.3 is 0 Å². The minimum Gasteiger partial charge on any atom is -0.353 e. The van der Waals surface area contributed by atoms with Gasteiger partial charge in [-0.2, -0.15) is 11.8 Å². The SMILES string of the molecule is C=CCSCCNc1ncc(C)cn1. The van der Waals surface area contributed by atoms with Gasteiger partial charge in [0.05, 0.1) is 0 Å². The van der Waals surface area contributed by atoms with E-state index in [2.05, 4.69) is 21.9 Å². The van der Waals surface area contributed by atoms with Crippen molar-refractivity contribution in [2.24, 2.45) is 0 Å². The second-order valence-corrected chi connectivity index (χ2v) is 4.02. The quantitative estimate of drug-likeness (QED) is 0.575. The number of rotatable bonds is 6. The van der Waals surface area contributed by atoms with Gasteiger partial charge in [0.1, 0.15) is 0 Å². The number of thioether (sulfide) groups is 1. The summed E-state index contributed by atoms with van der Waals surface area (Å²) in [5, 5.41) is 3.15. The number of nitrogens with zero attached hydrogens (tertiary/aromatic N) is 2. The van der Waals surface area contributed by atoms with E-state index in [0.717, 1.165) is 23.6 Å². The average Bonchev–Trinajstić information content (AvgIpc) is 2.21. The van der Waals surface area contributed by atoms with E-state index < -0.39 is 0 Å². The van der Waals surface area contributed by atoms with Gasteiger partial charge in [-0.15, -0.1) is 6.58 Å². The molecule has 0 unspecified atom stereocenters. The second kappa shape index (κ2) is 6.43. The third-order valence-corrected chi connectivity index (χ3v) is 2.51. The smallest absolute Gasteiger partial charge is 0.222 e. The van der Waals surface area contributed by atoms with E-state index in [1.54, 1.807) is 0 Å². The van der Waals surface area contributed by atoms with E-state index in [-0.39, 0.29) is 0 Å². The first-order valence-corrected chi connectivity index (χ1v) is 5.69. The van der Waals surface area contributed by atoms with Gasteiger partial charge in [0.25, 0.3) is 0 Å². The molecule has 1 N–H and O–H groups in total. The summed E-state index contributed by atoms with van der Waals surface area (Å²) >= 11 is 1.84. The molecule has 4 heteroatoms. The van der Waals surface area contributed by atoms with Crippen molar-refractivity contribution in [3.63, 3.8) is 0 Å². The van der Waals surface area contributed by atoms with Crippen molar-refractivity contribution in [2.45, 2.75) is 6.92 Å². The summed E-state index contributed by atoms with van der Waals surface area (Å²) in [5.74, 6) is 2.74. The molecule has 76 valence electrons. The molecule has 0 aliphatic carbocycles. The minimum atomic E-state index is 0.704. The molecule has 14 heavy (non-hydrogen) atoms. The Morgan fingerprint density at radius 3 is 2.86 bits per heavy atom. The van der Waals surface area contributed by atoms with Crippen molar-refractivity contribution >= 4 is 17.7 Å². The molecule has 0 amide bonds. The van der Waals surface area contributed by atoms with Crippen molar-refractivity contribution in [2.75, 3.05) is 23.4 Å². The average molecular weight is 209 g/mol. The zero-order valence-corrected chi connectivity index (χ0v) is 9.18. The first-order chi connectivity index (χ1) is 6.83. The molecule has 0 atom stereocenters. The molecule has 1 aromatic heterocycles. The molecule has 0 aromatic carbocycles. The third kappa shape index (κ3) is 4.28. The van der Waals surface area contributed by atoms with Gasteiger partial charge in [-0.1, -0.05) is 6.08 Å². The van der Waals surface area contributed by atoms with Gasteiger partial charge < -0.3 is 5.32 Å². The minimum absolute atomic E-state index is 0.704. The highest BCUT2D eigenvalue weighted by molar-refractivity contribution is 7.99. The van der Waals surface area contributed by atoms with Crippen LogP contribution in [0.2, 0.25) is 0 Å². The van der Waals surface area contributed by atoms with Gasteiger partial charge in [0.15, 0.2) is 0 Å². The summed E-state index contributed by atoms with van der Waals surface area (Å²) < 4.78 is 0. The molecule has 1 heterocycles. The van der Waals surface area contributed by atoms with E-state index in [0.29, 0.717) is 5.95 Å². The van der Waals surface area contributed by atoms with E-state index in [1.165, 1.54) is 0 Å². The van der Waals surface area contributed by atoms with Crippen molar-refractivity contribution in [3.05, 3.63) is 30.6 Å². The summed E-state index contributed by atoms with van der Waals surface area (Å²) in [6.45, 7) is 6.53.